The molecule has 7 nitrogen and oxygen atoms in total. The number of alkyl halides is 3. The van der Waals surface area contributed by atoms with Crippen LogP contribution < -0.4 is 4.90 Å². The first kappa shape index (κ1) is 24.7. The number of anilines is 1. The lowest BCUT2D eigenvalue weighted by Crippen LogP contribution is -2.55. The molecule has 39 heavy (non-hydrogen) atoms. The summed E-state index contributed by atoms with van der Waals surface area (Å²) in [4.78, 5) is 44.7. The normalized spacial score (nSPS) is 22.0. The molecule has 10 heteroatoms. The molecule has 0 N–H and O–H groups in total. The summed E-state index contributed by atoms with van der Waals surface area (Å²) in [7, 11) is 0. The number of nitriles is 1. The second kappa shape index (κ2) is 8.98. The molecule has 0 aromatic heterocycles. The van der Waals surface area contributed by atoms with Gasteiger partial charge in [0.2, 0.25) is 5.91 Å². The minimum Gasteiger partial charge on any atom is -0.334 e. The van der Waals surface area contributed by atoms with E-state index in [9.17, 15) is 27.6 Å². The van der Waals surface area contributed by atoms with Crippen molar-refractivity contribution >= 4 is 23.5 Å². The van der Waals surface area contributed by atoms with E-state index < -0.39 is 53.3 Å². The number of hydrogen-bond donors (Lipinski definition) is 0. The van der Waals surface area contributed by atoms with E-state index in [1.165, 1.54) is 11.0 Å². The fourth-order valence-corrected chi connectivity index (χ4v) is 6.09. The Hall–Kier alpha value is -4.65. The summed E-state index contributed by atoms with van der Waals surface area (Å²) in [6.07, 6.45) is -4.42. The SMILES string of the molecule is N#Cc1ccc(N2C(=O)[C@H]3C4CC(CN4C(=O)C(c4ccccc4)c4ccccc4)N3C2=O)cc1C(F)(F)F. The highest BCUT2D eigenvalue weighted by molar-refractivity contribution is 6.22. The molecule has 3 aromatic carbocycles. The molecule has 3 saturated heterocycles. The van der Waals surface area contributed by atoms with Crippen LogP contribution in [-0.2, 0) is 15.8 Å². The fourth-order valence-electron chi connectivity index (χ4n) is 6.09. The zero-order valence-corrected chi connectivity index (χ0v) is 20.4. The Balaban J connectivity index is 1.33. The van der Waals surface area contributed by atoms with Gasteiger partial charge in [-0.3, -0.25) is 9.59 Å². The number of fused-ring (bicyclic) bond motifs is 5. The summed E-state index contributed by atoms with van der Waals surface area (Å²) >= 11 is 0. The molecule has 3 heterocycles. The van der Waals surface area contributed by atoms with Crippen LogP contribution in [0.2, 0.25) is 0 Å². The number of urea groups is 1. The van der Waals surface area contributed by atoms with Gasteiger partial charge in [0.1, 0.15) is 6.04 Å². The Morgan fingerprint density at radius 2 is 1.56 bits per heavy atom. The molecule has 6 rings (SSSR count). The van der Waals surface area contributed by atoms with E-state index in [1.807, 2.05) is 60.7 Å². The maximum atomic E-state index is 14.0. The summed E-state index contributed by atoms with van der Waals surface area (Å²) in [6.45, 7) is 0.226. The second-order valence-electron chi connectivity index (χ2n) is 9.85. The minimum atomic E-state index is -4.84. The van der Waals surface area contributed by atoms with Crippen molar-refractivity contribution in [1.29, 1.82) is 5.26 Å². The predicted molar refractivity (Wildman–Crippen MR) is 133 cm³/mol. The van der Waals surface area contributed by atoms with Crippen molar-refractivity contribution in [2.45, 2.75) is 36.6 Å². The molecule has 0 spiro atoms. The highest BCUT2D eigenvalue weighted by Crippen LogP contribution is 2.45. The Kier molecular flexibility index (Phi) is 5.68. The maximum Gasteiger partial charge on any atom is 0.417 e. The molecular weight excluding hydrogens is 509 g/mol. The molecule has 0 aliphatic carbocycles. The summed E-state index contributed by atoms with van der Waals surface area (Å²) in [5.74, 6) is -1.49. The number of amides is 4. The molecular formula is C29H21F3N4O3. The molecule has 4 amide bonds. The highest BCUT2D eigenvalue weighted by Gasteiger charge is 2.63. The first-order valence-corrected chi connectivity index (χ1v) is 12.4. The quantitative estimate of drug-likeness (QED) is 0.464. The van der Waals surface area contributed by atoms with Crippen LogP contribution in [0.4, 0.5) is 23.7 Å². The van der Waals surface area contributed by atoms with Crippen LogP contribution in [0.25, 0.3) is 0 Å². The standard InChI is InChI=1S/C29H21F3N4O3/c30-29(31,32)22-13-20(12-11-19(22)15-33)36-27(38)25-23-14-21(35(25)28(36)39)16-34(23)26(37)24(17-7-3-1-4-8-17)18-9-5-2-6-10-18/h1-13,21,23-25H,14,16H2/t21?,23?,25-/m1/s1. The maximum absolute atomic E-state index is 14.0. The Labute approximate surface area is 221 Å². The van der Waals surface area contributed by atoms with E-state index in [-0.39, 0.29) is 18.1 Å². The zero-order chi connectivity index (χ0) is 27.5. The largest absolute Gasteiger partial charge is 0.417 e. The third-order valence-corrected chi connectivity index (χ3v) is 7.75. The zero-order valence-electron chi connectivity index (χ0n) is 20.4. The molecule has 3 aliphatic heterocycles. The van der Waals surface area contributed by atoms with Gasteiger partial charge in [-0.15, -0.1) is 0 Å². The van der Waals surface area contributed by atoms with Crippen LogP contribution in [0, 0.1) is 11.3 Å². The van der Waals surface area contributed by atoms with Gasteiger partial charge < -0.3 is 9.80 Å². The number of piperazine rings is 1. The first-order valence-electron chi connectivity index (χ1n) is 12.4. The summed E-state index contributed by atoms with van der Waals surface area (Å²) in [5.41, 5.74) is -0.490. The van der Waals surface area contributed by atoms with E-state index in [0.29, 0.717) is 12.5 Å². The molecule has 3 atom stereocenters. The lowest BCUT2D eigenvalue weighted by Gasteiger charge is -2.37. The van der Waals surface area contributed by atoms with Gasteiger partial charge in [-0.1, -0.05) is 60.7 Å². The molecule has 0 radical (unpaired) electrons. The van der Waals surface area contributed by atoms with Crippen LogP contribution in [0.1, 0.15) is 34.6 Å². The first-order chi connectivity index (χ1) is 18.7. The summed E-state index contributed by atoms with van der Waals surface area (Å²) in [5, 5.41) is 9.10. The van der Waals surface area contributed by atoms with Crippen molar-refractivity contribution < 1.29 is 27.6 Å². The number of carbonyl (C=O) groups excluding carboxylic acids is 3. The third-order valence-electron chi connectivity index (χ3n) is 7.75. The van der Waals surface area contributed by atoms with Crippen LogP contribution in [0.3, 0.4) is 0 Å². The average Bonchev–Trinajstić information content (AvgIpc) is 3.60. The van der Waals surface area contributed by atoms with Gasteiger partial charge in [-0.2, -0.15) is 18.4 Å². The minimum absolute atomic E-state index is 0.198. The number of likely N-dealkylation sites (tertiary alicyclic amines) is 1. The average molecular weight is 531 g/mol. The van der Waals surface area contributed by atoms with E-state index in [0.717, 1.165) is 28.2 Å². The Morgan fingerprint density at radius 3 is 2.13 bits per heavy atom. The van der Waals surface area contributed by atoms with Crippen molar-refractivity contribution in [3.8, 4) is 6.07 Å². The lowest BCUT2D eigenvalue weighted by atomic mass is 9.89. The van der Waals surface area contributed by atoms with Gasteiger partial charge in [0.25, 0.3) is 5.91 Å². The number of carbonyl (C=O) groups is 3. The van der Waals surface area contributed by atoms with E-state index >= 15 is 0 Å². The van der Waals surface area contributed by atoms with Crippen LogP contribution >= 0.6 is 0 Å². The number of nitrogens with zero attached hydrogens (tertiary/aromatic N) is 4. The Bertz CT molecular complexity index is 1480. The second-order valence-corrected chi connectivity index (χ2v) is 9.85. The monoisotopic (exact) mass is 530 g/mol. The molecule has 3 fully saturated rings. The van der Waals surface area contributed by atoms with Crippen molar-refractivity contribution in [3.63, 3.8) is 0 Å². The van der Waals surface area contributed by atoms with E-state index in [2.05, 4.69) is 0 Å². The van der Waals surface area contributed by atoms with Crippen LogP contribution in [0.5, 0.6) is 0 Å². The lowest BCUT2D eigenvalue weighted by molar-refractivity contribution is -0.138. The van der Waals surface area contributed by atoms with Gasteiger partial charge in [-0.05, 0) is 35.7 Å². The molecule has 196 valence electrons. The smallest absolute Gasteiger partial charge is 0.334 e. The van der Waals surface area contributed by atoms with E-state index in [1.54, 1.807) is 4.90 Å². The third kappa shape index (κ3) is 3.84. The fraction of sp³-hybridized carbons (Fsp3) is 0.241. The van der Waals surface area contributed by atoms with Crippen molar-refractivity contribution in [3.05, 3.63) is 101 Å². The van der Waals surface area contributed by atoms with Crippen LogP contribution in [-0.4, -0.2) is 52.3 Å². The summed E-state index contributed by atoms with van der Waals surface area (Å²) < 4.78 is 40.7. The number of rotatable bonds is 4. The number of imide groups is 1. The molecule has 3 aliphatic rings. The Morgan fingerprint density at radius 1 is 0.949 bits per heavy atom. The van der Waals surface area contributed by atoms with E-state index in [4.69, 9.17) is 5.26 Å². The highest BCUT2D eigenvalue weighted by atomic mass is 19.4. The molecule has 0 saturated carbocycles. The van der Waals surface area contributed by atoms with Gasteiger partial charge in [0.15, 0.2) is 0 Å². The van der Waals surface area contributed by atoms with Crippen molar-refractivity contribution in [1.82, 2.24) is 9.80 Å². The van der Waals surface area contributed by atoms with Crippen molar-refractivity contribution in [2.75, 3.05) is 11.4 Å². The molecule has 3 aromatic rings. The number of halogens is 3. The van der Waals surface area contributed by atoms with Crippen molar-refractivity contribution in [2.24, 2.45) is 0 Å². The van der Waals surface area contributed by atoms with Gasteiger partial charge in [0, 0.05) is 6.54 Å². The van der Waals surface area contributed by atoms with Gasteiger partial charge in [-0.25, -0.2) is 9.69 Å². The number of hydrogen-bond acceptors (Lipinski definition) is 4. The molecule has 2 bridgehead atoms. The number of benzene rings is 3. The van der Waals surface area contributed by atoms with Gasteiger partial charge in [0.05, 0.1) is 40.9 Å². The predicted octanol–water partition coefficient (Wildman–Crippen LogP) is 4.53. The molecule has 2 unspecified atom stereocenters. The van der Waals surface area contributed by atoms with Gasteiger partial charge >= 0.3 is 12.2 Å². The topological polar surface area (TPSA) is 84.7 Å². The van der Waals surface area contributed by atoms with Crippen LogP contribution in [0.15, 0.2) is 78.9 Å². The summed E-state index contributed by atoms with van der Waals surface area (Å²) in [6, 6.07) is 20.1.